The lowest BCUT2D eigenvalue weighted by Gasteiger charge is -2.16. The van der Waals surface area contributed by atoms with Crippen LogP contribution in [0.5, 0.6) is 0 Å². The molecule has 0 fully saturated rings. The van der Waals surface area contributed by atoms with E-state index in [4.69, 9.17) is 0 Å². The Kier molecular flexibility index (Phi) is 5.14. The summed E-state index contributed by atoms with van der Waals surface area (Å²) in [6.45, 7) is 9.22. The van der Waals surface area contributed by atoms with Gasteiger partial charge in [-0.25, -0.2) is 0 Å². The van der Waals surface area contributed by atoms with Gasteiger partial charge in [0.05, 0.1) is 0 Å². The van der Waals surface area contributed by atoms with E-state index in [1.165, 1.54) is 38.5 Å². The Morgan fingerprint density at radius 3 is 2.53 bits per heavy atom. The molecule has 0 aliphatic heterocycles. The van der Waals surface area contributed by atoms with Crippen LogP contribution in [0.4, 0.5) is 0 Å². The molecule has 0 aromatic rings. The van der Waals surface area contributed by atoms with Gasteiger partial charge in [-0.15, -0.1) is 0 Å². The summed E-state index contributed by atoms with van der Waals surface area (Å²) in [5.74, 6) is 0.890. The van der Waals surface area contributed by atoms with Crippen molar-refractivity contribution in [1.29, 1.82) is 0 Å². The standard InChI is InChI=1S/C15H26/c1-12(2)15-10-8-13(3)6-5-7-14(4)9-11-15/h6,14H,5,7-11H2,1-4H3. The highest BCUT2D eigenvalue weighted by Gasteiger charge is 2.07. The highest BCUT2D eigenvalue weighted by Crippen LogP contribution is 2.25. The summed E-state index contributed by atoms with van der Waals surface area (Å²) in [5, 5.41) is 0. The van der Waals surface area contributed by atoms with Gasteiger partial charge in [-0.1, -0.05) is 29.7 Å². The van der Waals surface area contributed by atoms with Crippen LogP contribution in [-0.2, 0) is 0 Å². The van der Waals surface area contributed by atoms with Crippen LogP contribution >= 0.6 is 0 Å². The molecule has 0 aromatic carbocycles. The second kappa shape index (κ2) is 6.15. The van der Waals surface area contributed by atoms with E-state index in [0.29, 0.717) is 0 Å². The lowest BCUT2D eigenvalue weighted by Crippen LogP contribution is -1.99. The molecule has 1 aliphatic rings. The van der Waals surface area contributed by atoms with Gasteiger partial charge in [0, 0.05) is 0 Å². The Hall–Kier alpha value is -0.520. The molecule has 0 spiro atoms. The van der Waals surface area contributed by atoms with Crippen molar-refractivity contribution >= 4 is 0 Å². The first kappa shape index (κ1) is 12.5. The van der Waals surface area contributed by atoms with Crippen LogP contribution in [0.2, 0.25) is 0 Å². The van der Waals surface area contributed by atoms with E-state index < -0.39 is 0 Å². The topological polar surface area (TPSA) is 0 Å². The van der Waals surface area contributed by atoms with E-state index in [-0.39, 0.29) is 0 Å². The summed E-state index contributed by atoms with van der Waals surface area (Å²) in [6, 6.07) is 0. The van der Waals surface area contributed by atoms with Gasteiger partial charge in [-0.3, -0.25) is 0 Å². The van der Waals surface area contributed by atoms with E-state index in [1.54, 1.807) is 16.7 Å². The minimum atomic E-state index is 0.890. The molecule has 1 atom stereocenters. The van der Waals surface area contributed by atoms with Crippen molar-refractivity contribution in [2.75, 3.05) is 0 Å². The van der Waals surface area contributed by atoms with Crippen molar-refractivity contribution in [2.24, 2.45) is 5.92 Å². The molecule has 0 amide bonds. The Morgan fingerprint density at radius 2 is 1.87 bits per heavy atom. The smallest absolute Gasteiger partial charge is 0.0281 e. The maximum Gasteiger partial charge on any atom is -0.0281 e. The predicted molar refractivity (Wildman–Crippen MR) is 69.0 cm³/mol. The third-order valence-electron chi connectivity index (χ3n) is 3.62. The first-order valence-electron chi connectivity index (χ1n) is 6.40. The van der Waals surface area contributed by atoms with Gasteiger partial charge in [0.2, 0.25) is 0 Å². The highest BCUT2D eigenvalue weighted by molar-refractivity contribution is 5.13. The van der Waals surface area contributed by atoms with Gasteiger partial charge in [0.25, 0.3) is 0 Å². The van der Waals surface area contributed by atoms with Gasteiger partial charge in [0.15, 0.2) is 0 Å². The van der Waals surface area contributed by atoms with E-state index >= 15 is 0 Å². The molecule has 0 heterocycles. The van der Waals surface area contributed by atoms with Crippen LogP contribution in [0, 0.1) is 5.92 Å². The molecule has 1 unspecified atom stereocenters. The molecule has 0 heteroatoms. The van der Waals surface area contributed by atoms with Crippen molar-refractivity contribution in [2.45, 2.75) is 66.2 Å². The molecule has 0 aromatic heterocycles. The molecular formula is C15H26. The molecule has 0 nitrogen and oxygen atoms in total. The quantitative estimate of drug-likeness (QED) is 0.474. The van der Waals surface area contributed by atoms with Gasteiger partial charge < -0.3 is 0 Å². The van der Waals surface area contributed by atoms with Crippen molar-refractivity contribution in [3.05, 3.63) is 22.8 Å². The molecule has 86 valence electrons. The average Bonchev–Trinajstić information content (AvgIpc) is 2.16. The zero-order valence-corrected chi connectivity index (χ0v) is 10.9. The first-order valence-corrected chi connectivity index (χ1v) is 6.40. The number of hydrogen-bond acceptors (Lipinski definition) is 0. The largest absolute Gasteiger partial charge is 0.0856 e. The summed E-state index contributed by atoms with van der Waals surface area (Å²) in [5.41, 5.74) is 4.84. The van der Waals surface area contributed by atoms with Crippen LogP contribution in [0.15, 0.2) is 22.8 Å². The summed E-state index contributed by atoms with van der Waals surface area (Å²) in [7, 11) is 0. The summed E-state index contributed by atoms with van der Waals surface area (Å²) in [6.07, 6.45) is 10.4. The molecule has 0 N–H and O–H groups in total. The Labute approximate surface area is 95.5 Å². The average molecular weight is 206 g/mol. The Bertz CT molecular complexity index is 251. The molecule has 0 saturated carbocycles. The highest BCUT2D eigenvalue weighted by atomic mass is 14.1. The zero-order valence-electron chi connectivity index (χ0n) is 10.9. The van der Waals surface area contributed by atoms with Crippen LogP contribution in [-0.4, -0.2) is 0 Å². The zero-order chi connectivity index (χ0) is 11.3. The van der Waals surface area contributed by atoms with Crippen molar-refractivity contribution in [3.63, 3.8) is 0 Å². The first-order chi connectivity index (χ1) is 7.09. The minimum absolute atomic E-state index is 0.890. The minimum Gasteiger partial charge on any atom is -0.0856 e. The predicted octanol–water partition coefficient (Wildman–Crippen LogP) is 5.26. The van der Waals surface area contributed by atoms with Gasteiger partial charge in [0.1, 0.15) is 0 Å². The Balaban J connectivity index is 2.69. The second-order valence-electron chi connectivity index (χ2n) is 5.38. The molecule has 0 saturated heterocycles. The van der Waals surface area contributed by atoms with E-state index in [2.05, 4.69) is 33.8 Å². The molecular weight excluding hydrogens is 180 g/mol. The van der Waals surface area contributed by atoms with Crippen molar-refractivity contribution in [1.82, 2.24) is 0 Å². The number of allylic oxidation sites excluding steroid dienone is 4. The summed E-state index contributed by atoms with van der Waals surface area (Å²) in [4.78, 5) is 0. The third-order valence-corrected chi connectivity index (χ3v) is 3.62. The normalized spacial score (nSPS) is 24.7. The SMILES string of the molecule is CC1=CCCC(C)CCC(=C(C)C)CC1. The van der Waals surface area contributed by atoms with E-state index in [9.17, 15) is 0 Å². The van der Waals surface area contributed by atoms with Crippen LogP contribution in [0.1, 0.15) is 66.2 Å². The maximum absolute atomic E-state index is 2.45. The number of rotatable bonds is 0. The molecule has 1 aliphatic carbocycles. The molecule has 0 bridgehead atoms. The van der Waals surface area contributed by atoms with Gasteiger partial charge in [-0.05, 0) is 65.2 Å². The fraction of sp³-hybridized carbons (Fsp3) is 0.733. The van der Waals surface area contributed by atoms with Crippen molar-refractivity contribution in [3.8, 4) is 0 Å². The van der Waals surface area contributed by atoms with Gasteiger partial charge in [-0.2, -0.15) is 0 Å². The van der Waals surface area contributed by atoms with Crippen LogP contribution in [0.25, 0.3) is 0 Å². The lowest BCUT2D eigenvalue weighted by atomic mass is 9.90. The van der Waals surface area contributed by atoms with E-state index in [0.717, 1.165) is 5.92 Å². The summed E-state index contributed by atoms with van der Waals surface area (Å²) < 4.78 is 0. The van der Waals surface area contributed by atoms with Crippen molar-refractivity contribution < 1.29 is 0 Å². The van der Waals surface area contributed by atoms with Gasteiger partial charge >= 0.3 is 0 Å². The second-order valence-corrected chi connectivity index (χ2v) is 5.38. The summed E-state index contributed by atoms with van der Waals surface area (Å²) >= 11 is 0. The fourth-order valence-corrected chi connectivity index (χ4v) is 2.25. The Morgan fingerprint density at radius 1 is 1.13 bits per heavy atom. The van der Waals surface area contributed by atoms with Crippen LogP contribution < -0.4 is 0 Å². The lowest BCUT2D eigenvalue weighted by molar-refractivity contribution is 0.487. The molecule has 1 rings (SSSR count). The monoisotopic (exact) mass is 206 g/mol. The number of hydrogen-bond donors (Lipinski definition) is 0. The fourth-order valence-electron chi connectivity index (χ4n) is 2.25. The molecule has 15 heavy (non-hydrogen) atoms. The maximum atomic E-state index is 2.45. The molecule has 0 radical (unpaired) electrons. The van der Waals surface area contributed by atoms with Crippen LogP contribution in [0.3, 0.4) is 0 Å². The van der Waals surface area contributed by atoms with E-state index in [1.807, 2.05) is 0 Å². The third kappa shape index (κ3) is 4.68.